The second-order valence-electron chi connectivity index (χ2n) is 8.71. The fraction of sp³-hybridized carbons (Fsp3) is 0.462. The number of carbonyl (C=O) groups is 1. The summed E-state index contributed by atoms with van der Waals surface area (Å²) in [5.74, 6) is 0.338. The lowest BCUT2D eigenvalue weighted by atomic mass is 10.0. The van der Waals surface area contributed by atoms with Crippen LogP contribution < -0.4 is 9.54 Å². The molecule has 10 heteroatoms. The zero-order valence-electron chi connectivity index (χ0n) is 21.0. The Morgan fingerprint density at radius 2 is 1.92 bits per heavy atom. The summed E-state index contributed by atoms with van der Waals surface area (Å²) in [6.45, 7) is 6.08. The van der Waals surface area contributed by atoms with Crippen LogP contribution in [0.5, 0.6) is 5.75 Å². The van der Waals surface area contributed by atoms with Crippen LogP contribution in [0.2, 0.25) is 0 Å². The molecule has 8 nitrogen and oxygen atoms in total. The molecular formula is C26H33N3O5S2. The molecule has 0 saturated carbocycles. The van der Waals surface area contributed by atoms with E-state index in [0.717, 1.165) is 41.6 Å². The lowest BCUT2D eigenvalue weighted by Crippen LogP contribution is -2.43. The number of hydrogen-bond donors (Lipinski definition) is 0. The van der Waals surface area contributed by atoms with Crippen LogP contribution in [0.3, 0.4) is 0 Å². The topological polar surface area (TPSA) is 90.2 Å². The molecule has 0 N–H and O–H groups in total. The van der Waals surface area contributed by atoms with E-state index in [4.69, 9.17) is 9.47 Å². The van der Waals surface area contributed by atoms with Gasteiger partial charge in [-0.25, -0.2) is 8.42 Å². The molecular weight excluding hydrogens is 498 g/mol. The lowest BCUT2D eigenvalue weighted by Gasteiger charge is -2.34. The van der Waals surface area contributed by atoms with Gasteiger partial charge in [0.15, 0.2) is 4.80 Å². The quantitative estimate of drug-likeness (QED) is 0.407. The van der Waals surface area contributed by atoms with E-state index in [0.29, 0.717) is 36.7 Å². The van der Waals surface area contributed by atoms with Crippen molar-refractivity contribution >= 4 is 37.5 Å². The van der Waals surface area contributed by atoms with Gasteiger partial charge in [-0.05, 0) is 68.7 Å². The molecule has 4 rings (SSSR count). The number of aromatic nitrogens is 1. The lowest BCUT2D eigenvalue weighted by molar-refractivity contribution is 0.0997. The summed E-state index contributed by atoms with van der Waals surface area (Å²) in [5, 5.41) is 0. The van der Waals surface area contributed by atoms with Gasteiger partial charge in [-0.2, -0.15) is 9.30 Å². The summed E-state index contributed by atoms with van der Waals surface area (Å²) in [6, 6.07) is 11.9. The number of sulfonamides is 1. The average Bonchev–Trinajstić information content (AvgIpc) is 3.23. The van der Waals surface area contributed by atoms with Crippen molar-refractivity contribution in [1.29, 1.82) is 0 Å². The van der Waals surface area contributed by atoms with Crippen molar-refractivity contribution in [3.05, 3.63) is 52.8 Å². The molecule has 2 heterocycles. The number of hydrogen-bond acceptors (Lipinski definition) is 6. The van der Waals surface area contributed by atoms with Gasteiger partial charge in [0, 0.05) is 31.8 Å². The van der Waals surface area contributed by atoms with E-state index >= 15 is 0 Å². The van der Waals surface area contributed by atoms with Crippen molar-refractivity contribution in [2.24, 2.45) is 4.99 Å². The maximum Gasteiger partial charge on any atom is 0.279 e. The van der Waals surface area contributed by atoms with E-state index < -0.39 is 15.9 Å². The molecule has 0 bridgehead atoms. The Bertz CT molecular complexity index is 1380. The highest BCUT2D eigenvalue weighted by atomic mass is 32.2. The third-order valence-electron chi connectivity index (χ3n) is 6.43. The van der Waals surface area contributed by atoms with E-state index in [9.17, 15) is 13.2 Å². The van der Waals surface area contributed by atoms with Gasteiger partial charge in [0.25, 0.3) is 5.91 Å². The summed E-state index contributed by atoms with van der Waals surface area (Å²) < 4.78 is 41.9. The van der Waals surface area contributed by atoms with Crippen molar-refractivity contribution in [3.63, 3.8) is 0 Å². The molecule has 1 aliphatic heterocycles. The number of benzene rings is 2. The van der Waals surface area contributed by atoms with Crippen LogP contribution in [0, 0.1) is 0 Å². The summed E-state index contributed by atoms with van der Waals surface area (Å²) in [4.78, 5) is 18.2. The van der Waals surface area contributed by atoms with Crippen LogP contribution in [0.25, 0.3) is 10.2 Å². The van der Waals surface area contributed by atoms with Crippen molar-refractivity contribution in [2.45, 2.75) is 57.0 Å². The molecule has 2 aromatic carbocycles. The Morgan fingerprint density at radius 1 is 1.14 bits per heavy atom. The Balaban J connectivity index is 1.64. The number of nitrogens with zero attached hydrogens (tertiary/aromatic N) is 3. The first-order chi connectivity index (χ1) is 17.4. The van der Waals surface area contributed by atoms with Crippen molar-refractivity contribution < 1.29 is 22.7 Å². The van der Waals surface area contributed by atoms with Crippen LogP contribution >= 0.6 is 11.3 Å². The van der Waals surface area contributed by atoms with E-state index in [1.54, 1.807) is 23.5 Å². The largest absolute Gasteiger partial charge is 0.494 e. The van der Waals surface area contributed by atoms with E-state index in [2.05, 4.69) is 4.99 Å². The molecule has 1 fully saturated rings. The number of rotatable bonds is 9. The van der Waals surface area contributed by atoms with Crippen LogP contribution in [-0.4, -0.2) is 56.1 Å². The number of carbonyl (C=O) groups excluding carboxylic acids is 1. The van der Waals surface area contributed by atoms with Gasteiger partial charge in [0.05, 0.1) is 28.3 Å². The molecule has 1 aliphatic rings. The molecule has 1 aromatic heterocycles. The van der Waals surface area contributed by atoms with Gasteiger partial charge in [-0.15, -0.1) is 0 Å². The van der Waals surface area contributed by atoms with E-state index in [1.165, 1.54) is 23.5 Å². The summed E-state index contributed by atoms with van der Waals surface area (Å²) in [5.41, 5.74) is 1.28. The monoisotopic (exact) mass is 531 g/mol. The summed E-state index contributed by atoms with van der Waals surface area (Å²) in [6.07, 6.45) is 3.60. The highest BCUT2D eigenvalue weighted by Crippen LogP contribution is 2.27. The highest BCUT2D eigenvalue weighted by Gasteiger charge is 2.32. The smallest absolute Gasteiger partial charge is 0.279 e. The Hall–Kier alpha value is -2.53. The average molecular weight is 532 g/mol. The first kappa shape index (κ1) is 26.5. The second-order valence-corrected chi connectivity index (χ2v) is 11.6. The maximum atomic E-state index is 13.2. The van der Waals surface area contributed by atoms with Crippen LogP contribution in [0.15, 0.2) is 52.4 Å². The number of ether oxygens (including phenoxy) is 2. The highest BCUT2D eigenvalue weighted by molar-refractivity contribution is 7.89. The molecule has 36 heavy (non-hydrogen) atoms. The molecule has 1 atom stereocenters. The molecule has 194 valence electrons. The van der Waals surface area contributed by atoms with Gasteiger partial charge < -0.3 is 14.0 Å². The minimum absolute atomic E-state index is 0.0267. The zero-order valence-corrected chi connectivity index (χ0v) is 22.6. The van der Waals surface area contributed by atoms with Crippen LogP contribution in [-0.2, 0) is 21.3 Å². The van der Waals surface area contributed by atoms with Gasteiger partial charge >= 0.3 is 0 Å². The molecule has 1 unspecified atom stereocenters. The SMILES string of the molecule is CCOc1ccc2c(c1)sc(=NC(=O)c1ccc(S(=O)(=O)N3CCCCC3CC)cc1)n2CCOC. The molecule has 0 spiro atoms. The standard InChI is InChI=1S/C26H33N3O5S2/c1-4-20-8-6-7-15-29(20)36(31,32)22-12-9-19(10-13-22)25(30)27-26-28(16-17-33-3)23-14-11-21(34-5-2)18-24(23)35-26/h9-14,18,20H,4-8,15-17H2,1-3H3. The molecule has 0 radical (unpaired) electrons. The number of methoxy groups -OCH3 is 1. The molecule has 1 amide bonds. The Kier molecular flexibility index (Phi) is 8.61. The van der Waals surface area contributed by atoms with E-state index in [1.807, 2.05) is 36.6 Å². The predicted molar refractivity (Wildman–Crippen MR) is 141 cm³/mol. The van der Waals surface area contributed by atoms with Crippen molar-refractivity contribution in [3.8, 4) is 5.75 Å². The Labute approximate surface area is 216 Å². The molecule has 0 aliphatic carbocycles. The van der Waals surface area contributed by atoms with Gasteiger partial charge in [-0.3, -0.25) is 4.79 Å². The molecule has 3 aromatic rings. The second kappa shape index (κ2) is 11.7. The van der Waals surface area contributed by atoms with Crippen LogP contribution in [0.1, 0.15) is 49.9 Å². The van der Waals surface area contributed by atoms with Gasteiger partial charge in [0.1, 0.15) is 5.75 Å². The number of amides is 1. The minimum atomic E-state index is -3.60. The summed E-state index contributed by atoms with van der Waals surface area (Å²) in [7, 11) is -1.97. The molecule has 1 saturated heterocycles. The number of thiazole rings is 1. The third kappa shape index (κ3) is 5.56. The van der Waals surface area contributed by atoms with Crippen molar-refractivity contribution in [2.75, 3.05) is 26.9 Å². The Morgan fingerprint density at radius 3 is 2.61 bits per heavy atom. The normalized spacial score (nSPS) is 17.5. The van der Waals surface area contributed by atoms with Crippen molar-refractivity contribution in [1.82, 2.24) is 8.87 Å². The fourth-order valence-corrected chi connectivity index (χ4v) is 7.40. The van der Waals surface area contributed by atoms with Gasteiger partial charge in [0.2, 0.25) is 10.0 Å². The fourth-order valence-electron chi connectivity index (χ4n) is 4.55. The van der Waals surface area contributed by atoms with Gasteiger partial charge in [-0.1, -0.05) is 24.7 Å². The first-order valence-corrected chi connectivity index (χ1v) is 14.6. The first-order valence-electron chi connectivity index (χ1n) is 12.3. The van der Waals surface area contributed by atoms with E-state index in [-0.39, 0.29) is 10.9 Å². The maximum absolute atomic E-state index is 13.2. The predicted octanol–water partition coefficient (Wildman–Crippen LogP) is 4.44. The third-order valence-corrected chi connectivity index (χ3v) is 9.44. The summed E-state index contributed by atoms with van der Waals surface area (Å²) >= 11 is 1.40. The van der Waals surface area contributed by atoms with Crippen LogP contribution in [0.4, 0.5) is 0 Å². The number of piperidine rings is 1. The number of fused-ring (bicyclic) bond motifs is 1. The minimum Gasteiger partial charge on any atom is -0.494 e. The zero-order chi connectivity index (χ0) is 25.7.